The second kappa shape index (κ2) is 11.5. The maximum Gasteiger partial charge on any atom is 0.429 e. The fourth-order valence-corrected chi connectivity index (χ4v) is 3.60. The second-order valence-corrected chi connectivity index (χ2v) is 7.49. The molecular formula is C23H30N4O7. The third-order valence-corrected chi connectivity index (χ3v) is 5.16. The summed E-state index contributed by atoms with van der Waals surface area (Å²) in [5.41, 5.74) is 4.36. The molecule has 1 aromatic carbocycles. The molecule has 2 amide bonds. The van der Waals surface area contributed by atoms with Gasteiger partial charge in [-0.25, -0.2) is 25.0 Å². The van der Waals surface area contributed by atoms with Gasteiger partial charge in [0.05, 0.1) is 25.5 Å². The number of hydrogen-bond donors (Lipinski definition) is 1. The van der Waals surface area contributed by atoms with Crippen molar-refractivity contribution in [1.82, 2.24) is 15.6 Å². The van der Waals surface area contributed by atoms with Crippen molar-refractivity contribution in [3.63, 3.8) is 0 Å². The molecule has 0 spiro atoms. The predicted octanol–water partition coefficient (Wildman–Crippen LogP) is 3.70. The van der Waals surface area contributed by atoms with E-state index in [0.717, 1.165) is 10.6 Å². The highest BCUT2D eigenvalue weighted by atomic mass is 16.6. The van der Waals surface area contributed by atoms with Gasteiger partial charge >= 0.3 is 12.2 Å². The summed E-state index contributed by atoms with van der Waals surface area (Å²) in [6.45, 7) is 7.31. The molecule has 2 aromatic rings. The van der Waals surface area contributed by atoms with E-state index >= 15 is 0 Å². The van der Waals surface area contributed by atoms with E-state index in [9.17, 15) is 9.59 Å². The Hall–Kier alpha value is -3.60. The van der Waals surface area contributed by atoms with E-state index in [-0.39, 0.29) is 31.1 Å². The molecule has 0 bridgehead atoms. The third-order valence-electron chi connectivity index (χ3n) is 5.16. The van der Waals surface area contributed by atoms with Crippen LogP contribution in [-0.2, 0) is 18.9 Å². The molecule has 0 fully saturated rings. The lowest BCUT2D eigenvalue weighted by Gasteiger charge is -2.26. The highest BCUT2D eigenvalue weighted by molar-refractivity contribution is 5.97. The number of carbonyl (C=O) groups is 2. The van der Waals surface area contributed by atoms with E-state index in [0.29, 0.717) is 23.8 Å². The minimum atomic E-state index is -0.817. The number of carbonyl (C=O) groups excluding carboxylic acids is 2. The SMILES string of the molecule is CCOC(=O)NN(C(=O)OCC)[C@H](C)c1onc(C)c1C1=N[C@@H](COC)[C@H](c2ccccc2)O1. The van der Waals surface area contributed by atoms with Crippen molar-refractivity contribution in [2.75, 3.05) is 26.9 Å². The smallest absolute Gasteiger partial charge is 0.429 e. The molecule has 11 heteroatoms. The van der Waals surface area contributed by atoms with E-state index in [4.69, 9.17) is 28.5 Å². The van der Waals surface area contributed by atoms with Crippen LogP contribution in [0.2, 0.25) is 0 Å². The van der Waals surface area contributed by atoms with Crippen molar-refractivity contribution in [2.24, 2.45) is 4.99 Å². The van der Waals surface area contributed by atoms with Gasteiger partial charge in [0, 0.05) is 7.11 Å². The molecule has 0 aliphatic carbocycles. The van der Waals surface area contributed by atoms with Gasteiger partial charge in [-0.1, -0.05) is 35.5 Å². The fraction of sp³-hybridized carbons (Fsp3) is 0.478. The van der Waals surface area contributed by atoms with Gasteiger partial charge in [0.1, 0.15) is 17.6 Å². The number of aryl methyl sites for hydroxylation is 1. The van der Waals surface area contributed by atoms with Gasteiger partial charge in [0.25, 0.3) is 0 Å². The number of hydrogen-bond acceptors (Lipinski definition) is 9. The lowest BCUT2D eigenvalue weighted by molar-refractivity contribution is 0.0524. The number of nitrogens with zero attached hydrogens (tertiary/aromatic N) is 3. The molecule has 0 unspecified atom stereocenters. The number of benzene rings is 1. The normalized spacial score (nSPS) is 18.0. The summed E-state index contributed by atoms with van der Waals surface area (Å²) in [7, 11) is 1.60. The molecule has 3 atom stereocenters. The van der Waals surface area contributed by atoms with Crippen LogP contribution in [0.15, 0.2) is 39.8 Å². The zero-order valence-corrected chi connectivity index (χ0v) is 19.9. The molecular weight excluding hydrogens is 444 g/mol. The Morgan fingerprint density at radius 1 is 1.18 bits per heavy atom. The lowest BCUT2D eigenvalue weighted by Crippen LogP contribution is -2.48. The monoisotopic (exact) mass is 474 g/mol. The molecule has 1 aromatic heterocycles. The Balaban J connectivity index is 1.94. The average Bonchev–Trinajstić information content (AvgIpc) is 3.41. The number of nitrogens with one attached hydrogen (secondary N) is 1. The quantitative estimate of drug-likeness (QED) is 0.574. The van der Waals surface area contributed by atoms with Crippen LogP contribution in [0.5, 0.6) is 0 Å². The number of methoxy groups -OCH3 is 1. The average molecular weight is 475 g/mol. The van der Waals surface area contributed by atoms with E-state index < -0.39 is 18.2 Å². The first-order valence-electron chi connectivity index (χ1n) is 11.0. The summed E-state index contributed by atoms with van der Waals surface area (Å²) in [6.07, 6.45) is -1.96. The molecule has 2 heterocycles. The Morgan fingerprint density at radius 3 is 2.53 bits per heavy atom. The van der Waals surface area contributed by atoms with Crippen LogP contribution in [0.25, 0.3) is 0 Å². The molecule has 0 saturated heterocycles. The molecule has 1 aliphatic rings. The highest BCUT2D eigenvalue weighted by Crippen LogP contribution is 2.35. The molecule has 1 N–H and O–H groups in total. The second-order valence-electron chi connectivity index (χ2n) is 7.49. The van der Waals surface area contributed by atoms with Gasteiger partial charge in [-0.05, 0) is 33.3 Å². The summed E-state index contributed by atoms with van der Waals surface area (Å²) in [5, 5.41) is 5.05. The zero-order valence-electron chi connectivity index (χ0n) is 19.9. The van der Waals surface area contributed by atoms with Gasteiger partial charge in [-0.3, -0.25) is 0 Å². The van der Waals surface area contributed by atoms with Gasteiger partial charge in [0.2, 0.25) is 5.90 Å². The number of rotatable bonds is 8. The first-order chi connectivity index (χ1) is 16.4. The van der Waals surface area contributed by atoms with Crippen molar-refractivity contribution < 1.29 is 33.1 Å². The topological polar surface area (TPSA) is 125 Å². The maximum atomic E-state index is 12.6. The zero-order chi connectivity index (χ0) is 24.7. The van der Waals surface area contributed by atoms with Crippen LogP contribution >= 0.6 is 0 Å². The van der Waals surface area contributed by atoms with Crippen LogP contribution in [0.4, 0.5) is 9.59 Å². The van der Waals surface area contributed by atoms with E-state index in [1.165, 1.54) is 0 Å². The summed E-state index contributed by atoms with van der Waals surface area (Å²) in [6, 6.07) is 8.59. The number of amides is 2. The number of hydrazine groups is 1. The van der Waals surface area contributed by atoms with E-state index in [2.05, 4.69) is 10.6 Å². The van der Waals surface area contributed by atoms with E-state index in [1.54, 1.807) is 34.8 Å². The molecule has 1 aliphatic heterocycles. The largest absolute Gasteiger partial charge is 0.467 e. The summed E-state index contributed by atoms with van der Waals surface area (Å²) in [5.74, 6) is 0.586. The van der Waals surface area contributed by atoms with Crippen LogP contribution in [-0.4, -0.2) is 61.2 Å². The highest BCUT2D eigenvalue weighted by Gasteiger charge is 2.38. The number of aliphatic imine (C=N–C) groups is 1. The first kappa shape index (κ1) is 25.0. The minimum absolute atomic E-state index is 0.113. The van der Waals surface area contributed by atoms with Gasteiger partial charge < -0.3 is 23.5 Å². The van der Waals surface area contributed by atoms with Crippen LogP contribution in [0.3, 0.4) is 0 Å². The minimum Gasteiger partial charge on any atom is -0.467 e. The molecule has 184 valence electrons. The molecule has 0 saturated carbocycles. The summed E-state index contributed by atoms with van der Waals surface area (Å²) < 4.78 is 27.2. The van der Waals surface area contributed by atoms with Crippen molar-refractivity contribution in [3.05, 3.63) is 52.9 Å². The predicted molar refractivity (Wildman–Crippen MR) is 121 cm³/mol. The molecule has 3 rings (SSSR count). The van der Waals surface area contributed by atoms with Crippen LogP contribution in [0, 0.1) is 6.92 Å². The van der Waals surface area contributed by atoms with E-state index in [1.807, 2.05) is 30.3 Å². The first-order valence-corrected chi connectivity index (χ1v) is 11.0. The van der Waals surface area contributed by atoms with Crippen molar-refractivity contribution in [3.8, 4) is 0 Å². The standard InChI is InChI=1S/C23H30N4O7/c1-6-31-22(28)25-27(23(29)32-7-2)15(4)19-18(14(3)26-34-19)21-24-17(13-30-5)20(33-21)16-11-9-8-10-12-16/h8-12,15,17,20H,6-7,13H2,1-5H3,(H,25,28)/t15-,17+,20+/m1/s1. The fourth-order valence-electron chi connectivity index (χ4n) is 3.60. The van der Waals surface area contributed by atoms with Crippen LogP contribution < -0.4 is 5.43 Å². The number of ether oxygens (including phenoxy) is 4. The Kier molecular flexibility index (Phi) is 8.47. The van der Waals surface area contributed by atoms with Gasteiger partial charge in [-0.15, -0.1) is 0 Å². The summed E-state index contributed by atoms with van der Waals surface area (Å²) >= 11 is 0. The molecule has 0 radical (unpaired) electrons. The van der Waals surface area contributed by atoms with Crippen molar-refractivity contribution >= 4 is 18.1 Å². The van der Waals surface area contributed by atoms with Gasteiger partial charge in [0.15, 0.2) is 11.9 Å². The Morgan fingerprint density at radius 2 is 1.88 bits per heavy atom. The molecule has 11 nitrogen and oxygen atoms in total. The van der Waals surface area contributed by atoms with Gasteiger partial charge in [-0.2, -0.15) is 0 Å². The van der Waals surface area contributed by atoms with Crippen LogP contribution in [0.1, 0.15) is 55.5 Å². The molecule has 34 heavy (non-hydrogen) atoms. The van der Waals surface area contributed by atoms with Crippen molar-refractivity contribution in [1.29, 1.82) is 0 Å². The maximum absolute atomic E-state index is 12.6. The third kappa shape index (κ3) is 5.48. The Bertz CT molecular complexity index is 1010. The lowest BCUT2D eigenvalue weighted by atomic mass is 10.0. The Labute approximate surface area is 198 Å². The summed E-state index contributed by atoms with van der Waals surface area (Å²) in [4.78, 5) is 29.4. The van der Waals surface area contributed by atoms with Crippen molar-refractivity contribution in [2.45, 2.75) is 45.9 Å². The number of aromatic nitrogens is 1.